The summed E-state index contributed by atoms with van der Waals surface area (Å²) in [7, 11) is 0. The van der Waals surface area contributed by atoms with E-state index in [1.54, 1.807) is 6.92 Å². The Morgan fingerprint density at radius 3 is 3.20 bits per heavy atom. The van der Waals surface area contributed by atoms with E-state index in [0.717, 1.165) is 6.20 Å². The molecule has 2 rings (SSSR count). The third-order valence-electron chi connectivity index (χ3n) is 1.63. The van der Waals surface area contributed by atoms with E-state index < -0.39 is 11.9 Å². The molecule has 0 saturated heterocycles. The van der Waals surface area contributed by atoms with Crippen LogP contribution < -0.4 is 0 Å². The molecule has 0 amide bonds. The summed E-state index contributed by atoms with van der Waals surface area (Å²) in [5, 5.41) is 3.41. The number of carbonyl (C=O) groups excluding carboxylic acids is 1. The van der Waals surface area contributed by atoms with Gasteiger partial charge in [-0.15, -0.1) is 0 Å². The van der Waals surface area contributed by atoms with Gasteiger partial charge in [0.2, 0.25) is 11.6 Å². The van der Waals surface area contributed by atoms with E-state index in [0.29, 0.717) is 0 Å². The Kier molecular flexibility index (Phi) is 2.28. The fraction of sp³-hybridized carbons (Fsp3) is 0.250. The first-order valence-electron chi connectivity index (χ1n) is 4.17. The third kappa shape index (κ3) is 1.63. The number of hydrogen-bond acceptors (Lipinski definition) is 6. The summed E-state index contributed by atoms with van der Waals surface area (Å²) in [6.45, 7) is 1.84. The van der Waals surface area contributed by atoms with Gasteiger partial charge < -0.3 is 9.26 Å². The summed E-state index contributed by atoms with van der Waals surface area (Å²) < 4.78 is 22.1. The second-order valence-corrected chi connectivity index (χ2v) is 2.60. The molecular formula is C8H6FN3O3. The first-order valence-corrected chi connectivity index (χ1v) is 4.17. The molecule has 0 aromatic carbocycles. The predicted molar refractivity (Wildman–Crippen MR) is 45.5 cm³/mol. The van der Waals surface area contributed by atoms with Gasteiger partial charge in [-0.25, -0.2) is 14.8 Å². The van der Waals surface area contributed by atoms with Crippen molar-refractivity contribution in [2.45, 2.75) is 6.92 Å². The fourth-order valence-corrected chi connectivity index (χ4v) is 1.04. The van der Waals surface area contributed by atoms with Crippen LogP contribution in [0.2, 0.25) is 0 Å². The molecule has 0 saturated carbocycles. The molecule has 0 aliphatic heterocycles. The number of rotatable bonds is 2. The first-order chi connectivity index (χ1) is 7.22. The summed E-state index contributed by atoms with van der Waals surface area (Å²) in [5.41, 5.74) is -0.202. The predicted octanol–water partition coefficient (Wildman–Crippen LogP) is 0.934. The SMILES string of the molecule is CCOC(=O)c1noc2ncc(F)nc12. The van der Waals surface area contributed by atoms with Crippen LogP contribution in [0, 0.1) is 5.95 Å². The van der Waals surface area contributed by atoms with Gasteiger partial charge in [-0.2, -0.15) is 4.39 Å². The average Bonchev–Trinajstić information content (AvgIpc) is 2.60. The van der Waals surface area contributed by atoms with Gasteiger partial charge in [-0.3, -0.25) is 0 Å². The maximum atomic E-state index is 12.7. The summed E-state index contributed by atoms with van der Waals surface area (Å²) >= 11 is 0. The second-order valence-electron chi connectivity index (χ2n) is 2.60. The number of aromatic nitrogens is 3. The molecule has 7 heteroatoms. The molecule has 0 atom stereocenters. The Labute approximate surface area is 83.1 Å². The Hall–Kier alpha value is -2.05. The molecule has 0 aliphatic carbocycles. The zero-order valence-corrected chi connectivity index (χ0v) is 7.73. The van der Waals surface area contributed by atoms with Crippen molar-refractivity contribution in [2.24, 2.45) is 0 Å². The summed E-state index contributed by atoms with van der Waals surface area (Å²) in [4.78, 5) is 18.3. The van der Waals surface area contributed by atoms with Crippen LogP contribution >= 0.6 is 0 Å². The van der Waals surface area contributed by atoms with Gasteiger partial charge in [0.05, 0.1) is 12.8 Å². The highest BCUT2D eigenvalue weighted by molar-refractivity contribution is 5.98. The van der Waals surface area contributed by atoms with Crippen LogP contribution in [-0.4, -0.2) is 27.7 Å². The topological polar surface area (TPSA) is 78.1 Å². The van der Waals surface area contributed by atoms with Crippen LogP contribution in [0.1, 0.15) is 17.4 Å². The van der Waals surface area contributed by atoms with Crippen molar-refractivity contribution in [2.75, 3.05) is 6.61 Å². The van der Waals surface area contributed by atoms with Crippen LogP contribution in [0.3, 0.4) is 0 Å². The maximum absolute atomic E-state index is 12.7. The van der Waals surface area contributed by atoms with E-state index in [1.165, 1.54) is 0 Å². The van der Waals surface area contributed by atoms with Crippen LogP contribution in [0.15, 0.2) is 10.7 Å². The van der Waals surface area contributed by atoms with E-state index in [2.05, 4.69) is 24.4 Å². The smallest absolute Gasteiger partial charge is 0.362 e. The van der Waals surface area contributed by atoms with Gasteiger partial charge in [-0.05, 0) is 6.92 Å². The van der Waals surface area contributed by atoms with Gasteiger partial charge in [-0.1, -0.05) is 5.16 Å². The molecule has 0 fully saturated rings. The van der Waals surface area contributed by atoms with Crippen molar-refractivity contribution in [1.82, 2.24) is 15.1 Å². The highest BCUT2D eigenvalue weighted by Crippen LogP contribution is 2.14. The quantitative estimate of drug-likeness (QED) is 0.687. The molecule has 78 valence electrons. The lowest BCUT2D eigenvalue weighted by Gasteiger charge is -1.95. The van der Waals surface area contributed by atoms with Gasteiger partial charge in [0.25, 0.3) is 5.71 Å². The first kappa shape index (κ1) is 9.50. The van der Waals surface area contributed by atoms with Gasteiger partial charge in [0.1, 0.15) is 0 Å². The van der Waals surface area contributed by atoms with Crippen molar-refractivity contribution in [3.05, 3.63) is 17.8 Å². The van der Waals surface area contributed by atoms with Crippen molar-refractivity contribution in [3.8, 4) is 0 Å². The van der Waals surface area contributed by atoms with Gasteiger partial charge in [0.15, 0.2) is 5.52 Å². The zero-order chi connectivity index (χ0) is 10.8. The molecule has 15 heavy (non-hydrogen) atoms. The number of ether oxygens (including phenoxy) is 1. The average molecular weight is 211 g/mol. The van der Waals surface area contributed by atoms with E-state index in [4.69, 9.17) is 0 Å². The highest BCUT2D eigenvalue weighted by atomic mass is 19.1. The minimum absolute atomic E-state index is 0.000506. The lowest BCUT2D eigenvalue weighted by molar-refractivity contribution is 0.0516. The number of carbonyl (C=O) groups is 1. The Balaban J connectivity index is 2.52. The minimum atomic E-state index is -0.809. The Morgan fingerprint density at radius 2 is 2.47 bits per heavy atom. The lowest BCUT2D eigenvalue weighted by atomic mass is 10.4. The zero-order valence-electron chi connectivity index (χ0n) is 7.73. The van der Waals surface area contributed by atoms with Crippen LogP contribution in [-0.2, 0) is 4.74 Å². The summed E-state index contributed by atoms with van der Waals surface area (Å²) in [6, 6.07) is 0. The monoisotopic (exact) mass is 211 g/mol. The largest absolute Gasteiger partial charge is 0.461 e. The molecule has 2 aromatic heterocycles. The standard InChI is InChI=1S/C8H6FN3O3/c1-2-14-8(13)6-5-7(15-12-6)10-3-4(9)11-5/h3H,2H2,1H3. The van der Waals surface area contributed by atoms with Crippen LogP contribution in [0.25, 0.3) is 11.2 Å². The Bertz CT molecular complexity index is 511. The van der Waals surface area contributed by atoms with Crippen molar-refractivity contribution in [1.29, 1.82) is 0 Å². The molecular weight excluding hydrogens is 205 g/mol. The number of hydrogen-bond donors (Lipinski definition) is 0. The maximum Gasteiger partial charge on any atom is 0.362 e. The van der Waals surface area contributed by atoms with Gasteiger partial charge >= 0.3 is 5.97 Å². The number of nitrogens with zero attached hydrogens (tertiary/aromatic N) is 3. The number of halogens is 1. The van der Waals surface area contributed by atoms with Crippen molar-refractivity contribution in [3.63, 3.8) is 0 Å². The van der Waals surface area contributed by atoms with Crippen LogP contribution in [0.5, 0.6) is 0 Å². The number of esters is 1. The van der Waals surface area contributed by atoms with Gasteiger partial charge in [0, 0.05) is 0 Å². The summed E-state index contributed by atoms with van der Waals surface area (Å²) in [5.74, 6) is -1.52. The normalized spacial score (nSPS) is 10.5. The fourth-order valence-electron chi connectivity index (χ4n) is 1.04. The Morgan fingerprint density at radius 1 is 1.67 bits per heavy atom. The minimum Gasteiger partial charge on any atom is -0.461 e. The van der Waals surface area contributed by atoms with Crippen LogP contribution in [0.4, 0.5) is 4.39 Å². The van der Waals surface area contributed by atoms with E-state index in [1.807, 2.05) is 0 Å². The highest BCUT2D eigenvalue weighted by Gasteiger charge is 2.19. The summed E-state index contributed by atoms with van der Waals surface area (Å²) in [6.07, 6.45) is 0.877. The second kappa shape index (κ2) is 3.60. The molecule has 2 aromatic rings. The molecule has 2 heterocycles. The molecule has 0 aliphatic rings. The van der Waals surface area contributed by atoms with E-state index in [9.17, 15) is 9.18 Å². The van der Waals surface area contributed by atoms with E-state index >= 15 is 0 Å². The van der Waals surface area contributed by atoms with E-state index in [-0.39, 0.29) is 23.5 Å². The molecule has 0 bridgehead atoms. The third-order valence-corrected chi connectivity index (χ3v) is 1.63. The van der Waals surface area contributed by atoms with Crippen molar-refractivity contribution >= 4 is 17.2 Å². The molecule has 0 radical (unpaired) electrons. The molecule has 0 spiro atoms. The molecule has 0 N–H and O–H groups in total. The number of fused-ring (bicyclic) bond motifs is 1. The molecule has 0 unspecified atom stereocenters. The van der Waals surface area contributed by atoms with Crippen molar-refractivity contribution < 1.29 is 18.4 Å². The molecule has 6 nitrogen and oxygen atoms in total. The lowest BCUT2D eigenvalue weighted by Crippen LogP contribution is -2.06.